The zero-order valence-electron chi connectivity index (χ0n) is 23.1. The molecule has 5 rings (SSSR count). The number of piperidine rings is 1. The predicted octanol–water partition coefficient (Wildman–Crippen LogP) is 5.18. The molecule has 2 aromatic carbocycles. The van der Waals surface area contributed by atoms with E-state index in [1.165, 1.54) is 17.0 Å². The van der Waals surface area contributed by atoms with E-state index in [0.29, 0.717) is 12.5 Å². The number of alkyl halides is 3. The van der Waals surface area contributed by atoms with Crippen LogP contribution in [0.25, 0.3) is 0 Å². The zero-order valence-corrected chi connectivity index (χ0v) is 23.9. The number of nitro benzene ring substituents is 1. The number of carbonyl (C=O) groups is 3. The van der Waals surface area contributed by atoms with Gasteiger partial charge in [-0.25, -0.2) is 4.79 Å². The van der Waals surface area contributed by atoms with Crippen LogP contribution in [0.15, 0.2) is 67.0 Å². The summed E-state index contributed by atoms with van der Waals surface area (Å²) >= 11 is 5.93. The van der Waals surface area contributed by atoms with Gasteiger partial charge in [0.25, 0.3) is 11.6 Å². The van der Waals surface area contributed by atoms with E-state index in [4.69, 9.17) is 21.5 Å². The molecule has 0 saturated carbocycles. The number of rotatable bonds is 5. The van der Waals surface area contributed by atoms with E-state index in [9.17, 15) is 32.9 Å². The molecule has 2 aliphatic rings. The van der Waals surface area contributed by atoms with Crippen LogP contribution >= 0.6 is 11.6 Å². The third kappa shape index (κ3) is 7.81. The van der Waals surface area contributed by atoms with Crippen LogP contribution < -0.4 is 9.80 Å². The van der Waals surface area contributed by atoms with Crippen molar-refractivity contribution < 1.29 is 37.6 Å². The Kier molecular flexibility index (Phi) is 10.0. The SMILES string of the molecule is O=C(O)C(F)(F)F.O=C(c1ccc(Cl)cc1[N+](=O)[O-])N1CC(=O)N(CC2CCN(c3ccncc3)CC2)c2ccccc2C1. The van der Waals surface area contributed by atoms with Crippen molar-refractivity contribution in [2.75, 3.05) is 36.0 Å². The third-order valence-corrected chi connectivity index (χ3v) is 7.51. The molecule has 2 amide bonds. The highest BCUT2D eigenvalue weighted by Crippen LogP contribution is 2.31. The molecule has 0 radical (unpaired) electrons. The lowest BCUT2D eigenvalue weighted by Crippen LogP contribution is -2.44. The number of anilines is 2. The Bertz CT molecular complexity index is 1530. The smallest absolute Gasteiger partial charge is 0.475 e. The molecule has 1 N–H and O–H groups in total. The van der Waals surface area contributed by atoms with E-state index in [0.717, 1.165) is 48.9 Å². The summed E-state index contributed by atoms with van der Waals surface area (Å²) in [5.74, 6) is -3.22. The number of amides is 2. The number of hydrogen-bond donors (Lipinski definition) is 1. The normalized spacial score (nSPS) is 15.5. The molecule has 2 aliphatic heterocycles. The minimum absolute atomic E-state index is 0.0865. The highest BCUT2D eigenvalue weighted by Gasteiger charge is 2.38. The quantitative estimate of drug-likeness (QED) is 0.300. The van der Waals surface area contributed by atoms with Crippen molar-refractivity contribution in [3.8, 4) is 0 Å². The average Bonchev–Trinajstić information content (AvgIpc) is 3.13. The number of para-hydroxylation sites is 1. The second-order valence-electron chi connectivity index (χ2n) is 10.2. The molecule has 1 fully saturated rings. The first kappa shape index (κ1) is 32.2. The van der Waals surface area contributed by atoms with Gasteiger partial charge in [0.2, 0.25) is 5.91 Å². The summed E-state index contributed by atoms with van der Waals surface area (Å²) in [6.45, 7) is 2.36. The summed E-state index contributed by atoms with van der Waals surface area (Å²) in [6.07, 6.45) is 0.377. The number of carbonyl (C=O) groups excluding carboxylic acids is 2. The maximum atomic E-state index is 13.5. The lowest BCUT2D eigenvalue weighted by molar-refractivity contribution is -0.385. The zero-order chi connectivity index (χ0) is 32.0. The molecule has 15 heteroatoms. The number of fused-ring (bicyclic) bond motifs is 1. The van der Waals surface area contributed by atoms with Crippen LogP contribution in [0.3, 0.4) is 0 Å². The predicted molar refractivity (Wildman–Crippen MR) is 155 cm³/mol. The first-order valence-corrected chi connectivity index (χ1v) is 13.8. The summed E-state index contributed by atoms with van der Waals surface area (Å²) in [7, 11) is 0. The molecule has 0 bridgehead atoms. The molecule has 0 aliphatic carbocycles. The topological polar surface area (TPSA) is 137 Å². The van der Waals surface area contributed by atoms with Crippen molar-refractivity contribution in [1.29, 1.82) is 0 Å². The largest absolute Gasteiger partial charge is 0.490 e. The Morgan fingerprint density at radius 1 is 1.05 bits per heavy atom. The maximum Gasteiger partial charge on any atom is 0.490 e. The molecule has 44 heavy (non-hydrogen) atoms. The highest BCUT2D eigenvalue weighted by atomic mass is 35.5. The van der Waals surface area contributed by atoms with Crippen LogP contribution in [-0.4, -0.2) is 70.1 Å². The molecule has 0 spiro atoms. The maximum absolute atomic E-state index is 13.5. The van der Waals surface area contributed by atoms with Crippen molar-refractivity contribution in [2.24, 2.45) is 5.92 Å². The van der Waals surface area contributed by atoms with Crippen molar-refractivity contribution >= 4 is 46.4 Å². The fourth-order valence-corrected chi connectivity index (χ4v) is 5.26. The van der Waals surface area contributed by atoms with Gasteiger partial charge in [0.1, 0.15) is 12.1 Å². The molecule has 0 unspecified atom stereocenters. The Morgan fingerprint density at radius 2 is 1.68 bits per heavy atom. The molecule has 1 aromatic heterocycles. The van der Waals surface area contributed by atoms with E-state index in [2.05, 4.69) is 9.88 Å². The number of halogens is 4. The Balaban J connectivity index is 0.000000566. The van der Waals surface area contributed by atoms with E-state index in [-0.39, 0.29) is 35.3 Å². The number of aromatic nitrogens is 1. The third-order valence-electron chi connectivity index (χ3n) is 7.27. The van der Waals surface area contributed by atoms with E-state index >= 15 is 0 Å². The van der Waals surface area contributed by atoms with Crippen LogP contribution in [0.1, 0.15) is 28.8 Å². The summed E-state index contributed by atoms with van der Waals surface area (Å²) in [5.41, 5.74) is 2.30. The Morgan fingerprint density at radius 3 is 2.30 bits per heavy atom. The minimum Gasteiger partial charge on any atom is -0.475 e. The number of pyridine rings is 1. The van der Waals surface area contributed by atoms with Crippen LogP contribution in [0.2, 0.25) is 5.02 Å². The van der Waals surface area contributed by atoms with Crippen LogP contribution in [0, 0.1) is 16.0 Å². The van der Waals surface area contributed by atoms with Crippen molar-refractivity contribution in [3.05, 3.63) is 93.3 Å². The fourth-order valence-electron chi connectivity index (χ4n) is 5.09. The van der Waals surface area contributed by atoms with Gasteiger partial charge in [-0.05, 0) is 54.7 Å². The number of carboxylic acid groups (broad SMARTS) is 1. The number of aliphatic carboxylic acids is 1. The monoisotopic (exact) mass is 633 g/mol. The number of hydrogen-bond acceptors (Lipinski definition) is 7. The molecule has 1 saturated heterocycles. The van der Waals surface area contributed by atoms with Gasteiger partial charge in [-0.3, -0.25) is 24.7 Å². The lowest BCUT2D eigenvalue weighted by atomic mass is 9.95. The molecular weight excluding hydrogens is 607 g/mol. The van der Waals surface area contributed by atoms with Gasteiger partial charge in [-0.15, -0.1) is 0 Å². The van der Waals surface area contributed by atoms with Crippen LogP contribution in [-0.2, 0) is 16.1 Å². The molecule has 232 valence electrons. The summed E-state index contributed by atoms with van der Waals surface area (Å²) in [5, 5.41) is 18.9. The molecule has 0 atom stereocenters. The van der Waals surface area contributed by atoms with Gasteiger partial charge in [-0.1, -0.05) is 29.8 Å². The summed E-state index contributed by atoms with van der Waals surface area (Å²) < 4.78 is 31.7. The Labute approximate surface area is 254 Å². The average molecular weight is 634 g/mol. The fraction of sp³-hybridized carbons (Fsp3) is 0.310. The van der Waals surface area contributed by atoms with Gasteiger partial charge >= 0.3 is 12.1 Å². The molecular formula is C29H27ClF3N5O6. The number of carboxylic acids is 1. The van der Waals surface area contributed by atoms with Crippen LogP contribution in [0.5, 0.6) is 0 Å². The first-order valence-electron chi connectivity index (χ1n) is 13.4. The molecule has 11 nitrogen and oxygen atoms in total. The standard InChI is InChI=1S/C27H26ClN5O4.C2HF3O2/c28-21-5-6-23(25(15-21)33(36)37)27(35)31-17-20-3-1-2-4-24(20)32(26(34)18-31)16-19-9-13-30(14-10-19)22-7-11-29-12-8-22;3-2(4,5)1(6)7/h1-8,11-12,15,19H,9-10,13-14,16-18H2;(H,6,7). The number of nitrogens with zero attached hydrogens (tertiary/aromatic N) is 5. The number of nitro groups is 1. The van der Waals surface area contributed by atoms with Crippen molar-refractivity contribution in [3.63, 3.8) is 0 Å². The second kappa shape index (κ2) is 13.7. The minimum atomic E-state index is -5.08. The Hall–Kier alpha value is -4.72. The number of benzene rings is 2. The second-order valence-corrected chi connectivity index (χ2v) is 10.6. The van der Waals surface area contributed by atoms with Gasteiger partial charge in [0.05, 0.1) is 4.92 Å². The van der Waals surface area contributed by atoms with Crippen molar-refractivity contribution in [1.82, 2.24) is 9.88 Å². The van der Waals surface area contributed by atoms with Gasteiger partial charge in [0, 0.05) is 61.0 Å². The van der Waals surface area contributed by atoms with E-state index < -0.39 is 23.0 Å². The molecule has 3 heterocycles. The summed E-state index contributed by atoms with van der Waals surface area (Å²) in [4.78, 5) is 56.3. The van der Waals surface area contributed by atoms with Crippen LogP contribution in [0.4, 0.5) is 30.2 Å². The van der Waals surface area contributed by atoms with Gasteiger partial charge in [0.15, 0.2) is 0 Å². The van der Waals surface area contributed by atoms with Crippen molar-refractivity contribution in [2.45, 2.75) is 25.6 Å². The highest BCUT2D eigenvalue weighted by molar-refractivity contribution is 6.31. The lowest BCUT2D eigenvalue weighted by Gasteiger charge is -2.36. The first-order chi connectivity index (χ1) is 20.8. The van der Waals surface area contributed by atoms with E-state index in [1.807, 2.05) is 36.4 Å². The molecule has 3 aromatic rings. The van der Waals surface area contributed by atoms with Gasteiger partial charge in [-0.2, -0.15) is 13.2 Å². The van der Waals surface area contributed by atoms with Gasteiger partial charge < -0.3 is 19.8 Å². The van der Waals surface area contributed by atoms with E-state index in [1.54, 1.807) is 17.3 Å². The summed E-state index contributed by atoms with van der Waals surface area (Å²) in [6, 6.07) is 15.5.